The van der Waals surface area contributed by atoms with E-state index in [1.807, 2.05) is 0 Å². The largest absolute Gasteiger partial charge is 0.465 e. The second-order valence-electron chi connectivity index (χ2n) is 4.03. The van der Waals surface area contributed by atoms with E-state index < -0.39 is 16.0 Å². The molecule has 0 amide bonds. The summed E-state index contributed by atoms with van der Waals surface area (Å²) in [6.07, 6.45) is 0. The Hall–Kier alpha value is -0.630. The van der Waals surface area contributed by atoms with Gasteiger partial charge in [-0.1, -0.05) is 23.7 Å². The highest BCUT2D eigenvalue weighted by molar-refractivity contribution is 9.10. The van der Waals surface area contributed by atoms with Crippen LogP contribution in [0, 0.1) is 0 Å². The van der Waals surface area contributed by atoms with Gasteiger partial charge in [-0.15, -0.1) is 0 Å². The minimum atomic E-state index is -3.64. The molecule has 0 saturated carbocycles. The first-order valence-corrected chi connectivity index (χ1v) is 8.58. The van der Waals surface area contributed by atoms with Gasteiger partial charge in [0.05, 0.1) is 17.4 Å². The number of hydrogen-bond acceptors (Lipinski definition) is 4. The number of carbonyl (C=O) groups is 1. The van der Waals surface area contributed by atoms with E-state index >= 15 is 0 Å². The standard InChI is InChI=1S/C12H15BrClNO4S/c1-3-19-11(16)7-15(2)20(17,18)8-9-5-4-6-10(13)12(9)14/h4-6H,3,7-8H2,1-2H3. The molecule has 0 bridgehead atoms. The molecule has 0 heterocycles. The first kappa shape index (κ1) is 17.4. The molecule has 0 radical (unpaired) electrons. The van der Waals surface area contributed by atoms with Crippen LogP contribution in [0.25, 0.3) is 0 Å². The maximum Gasteiger partial charge on any atom is 0.321 e. The quantitative estimate of drug-likeness (QED) is 0.707. The van der Waals surface area contributed by atoms with Gasteiger partial charge in [-0.3, -0.25) is 4.79 Å². The fourth-order valence-corrected chi connectivity index (χ4v) is 3.29. The van der Waals surface area contributed by atoms with Gasteiger partial charge in [-0.2, -0.15) is 4.31 Å². The summed E-state index contributed by atoms with van der Waals surface area (Å²) in [5, 5.41) is 0.348. The smallest absolute Gasteiger partial charge is 0.321 e. The van der Waals surface area contributed by atoms with E-state index in [1.165, 1.54) is 7.05 Å². The molecule has 1 aromatic rings. The lowest BCUT2D eigenvalue weighted by molar-refractivity contribution is -0.143. The van der Waals surface area contributed by atoms with Crippen LogP contribution in [0.1, 0.15) is 12.5 Å². The lowest BCUT2D eigenvalue weighted by Crippen LogP contribution is -2.34. The third-order valence-corrected chi connectivity index (χ3v) is 5.59. The van der Waals surface area contributed by atoms with Gasteiger partial charge in [-0.25, -0.2) is 8.42 Å². The van der Waals surface area contributed by atoms with Crippen molar-refractivity contribution >= 4 is 43.5 Å². The molecule has 0 atom stereocenters. The van der Waals surface area contributed by atoms with Gasteiger partial charge in [-0.05, 0) is 34.5 Å². The molecule has 0 aliphatic heterocycles. The Morgan fingerprint density at radius 3 is 2.70 bits per heavy atom. The number of halogens is 2. The van der Waals surface area contributed by atoms with Gasteiger partial charge < -0.3 is 4.74 Å². The molecule has 0 aromatic heterocycles. The number of benzene rings is 1. The zero-order valence-corrected chi connectivity index (χ0v) is 14.3. The average molecular weight is 385 g/mol. The topological polar surface area (TPSA) is 63.7 Å². The molecular weight excluding hydrogens is 370 g/mol. The number of carbonyl (C=O) groups excluding carboxylic acids is 1. The van der Waals surface area contributed by atoms with Crippen LogP contribution in [0.5, 0.6) is 0 Å². The predicted octanol–water partition coefficient (Wildman–Crippen LogP) is 2.43. The van der Waals surface area contributed by atoms with Crippen LogP contribution in [0.3, 0.4) is 0 Å². The van der Waals surface area contributed by atoms with E-state index in [2.05, 4.69) is 15.9 Å². The minimum Gasteiger partial charge on any atom is -0.465 e. The number of nitrogens with zero attached hydrogens (tertiary/aromatic N) is 1. The molecule has 1 rings (SSSR count). The Bertz CT molecular complexity index is 591. The fourth-order valence-electron chi connectivity index (χ4n) is 1.45. The lowest BCUT2D eigenvalue weighted by Gasteiger charge is -2.16. The number of sulfonamides is 1. The summed E-state index contributed by atoms with van der Waals surface area (Å²) in [6, 6.07) is 5.05. The van der Waals surface area contributed by atoms with Crippen molar-refractivity contribution in [1.29, 1.82) is 0 Å². The lowest BCUT2D eigenvalue weighted by atomic mass is 10.2. The van der Waals surface area contributed by atoms with Gasteiger partial charge in [0, 0.05) is 11.5 Å². The zero-order chi connectivity index (χ0) is 15.3. The Morgan fingerprint density at radius 2 is 2.10 bits per heavy atom. The second kappa shape index (κ2) is 7.40. The summed E-state index contributed by atoms with van der Waals surface area (Å²) in [6.45, 7) is 1.56. The molecular formula is C12H15BrClNO4S. The molecule has 8 heteroatoms. The van der Waals surface area contributed by atoms with Crippen LogP contribution in [-0.2, 0) is 25.3 Å². The Kier molecular flexibility index (Phi) is 6.44. The van der Waals surface area contributed by atoms with Gasteiger partial charge in [0.2, 0.25) is 10.0 Å². The van der Waals surface area contributed by atoms with Gasteiger partial charge >= 0.3 is 5.97 Å². The number of likely N-dealkylation sites (N-methyl/N-ethyl adjacent to an activating group) is 1. The van der Waals surface area contributed by atoms with Crippen LogP contribution >= 0.6 is 27.5 Å². The van der Waals surface area contributed by atoms with Gasteiger partial charge in [0.25, 0.3) is 0 Å². The normalized spacial score (nSPS) is 11.7. The number of esters is 1. The van der Waals surface area contributed by atoms with E-state index in [0.717, 1.165) is 4.31 Å². The summed E-state index contributed by atoms with van der Waals surface area (Å²) < 4.78 is 30.6. The molecule has 1 aromatic carbocycles. The third kappa shape index (κ3) is 4.73. The average Bonchev–Trinajstić information content (AvgIpc) is 2.35. The molecule has 0 aliphatic rings. The number of ether oxygens (including phenoxy) is 1. The molecule has 112 valence electrons. The van der Waals surface area contributed by atoms with Crippen molar-refractivity contribution in [2.75, 3.05) is 20.2 Å². The molecule has 5 nitrogen and oxygen atoms in total. The summed E-state index contributed by atoms with van der Waals surface area (Å²) in [5.41, 5.74) is 0.469. The first-order chi connectivity index (χ1) is 9.27. The number of hydrogen-bond donors (Lipinski definition) is 0. The molecule has 0 N–H and O–H groups in total. The fraction of sp³-hybridized carbons (Fsp3) is 0.417. The van der Waals surface area contributed by atoms with E-state index in [-0.39, 0.29) is 18.9 Å². The highest BCUT2D eigenvalue weighted by Crippen LogP contribution is 2.27. The SMILES string of the molecule is CCOC(=O)CN(C)S(=O)(=O)Cc1cccc(Br)c1Cl. The van der Waals surface area contributed by atoms with Crippen molar-refractivity contribution < 1.29 is 17.9 Å². The molecule has 0 unspecified atom stereocenters. The first-order valence-electron chi connectivity index (χ1n) is 5.80. The van der Waals surface area contributed by atoms with Gasteiger partial charge in [0.1, 0.15) is 6.54 Å². The molecule has 0 saturated heterocycles. The molecule has 0 aliphatic carbocycles. The Labute approximate surface area is 132 Å². The summed E-state index contributed by atoms with van der Waals surface area (Å²) in [4.78, 5) is 11.3. The van der Waals surface area contributed by atoms with E-state index in [9.17, 15) is 13.2 Å². The van der Waals surface area contributed by atoms with Crippen LogP contribution in [-0.4, -0.2) is 38.9 Å². The highest BCUT2D eigenvalue weighted by atomic mass is 79.9. The van der Waals surface area contributed by atoms with Crippen molar-refractivity contribution in [3.05, 3.63) is 33.3 Å². The van der Waals surface area contributed by atoms with Crippen molar-refractivity contribution in [3.8, 4) is 0 Å². The maximum absolute atomic E-state index is 12.1. The Morgan fingerprint density at radius 1 is 1.45 bits per heavy atom. The predicted molar refractivity (Wildman–Crippen MR) is 81.0 cm³/mol. The van der Waals surface area contributed by atoms with Crippen LogP contribution in [0.4, 0.5) is 0 Å². The van der Waals surface area contributed by atoms with Crippen LogP contribution in [0.2, 0.25) is 5.02 Å². The summed E-state index contributed by atoms with van der Waals surface area (Å²) in [5.74, 6) is -0.861. The highest BCUT2D eigenvalue weighted by Gasteiger charge is 2.23. The van der Waals surface area contributed by atoms with E-state index in [4.69, 9.17) is 16.3 Å². The molecule has 20 heavy (non-hydrogen) atoms. The monoisotopic (exact) mass is 383 g/mol. The van der Waals surface area contributed by atoms with Crippen LogP contribution in [0.15, 0.2) is 22.7 Å². The van der Waals surface area contributed by atoms with Crippen LogP contribution < -0.4 is 0 Å². The van der Waals surface area contributed by atoms with E-state index in [0.29, 0.717) is 15.1 Å². The second-order valence-corrected chi connectivity index (χ2v) is 7.34. The van der Waals surface area contributed by atoms with Crippen molar-refractivity contribution in [2.45, 2.75) is 12.7 Å². The third-order valence-electron chi connectivity index (χ3n) is 2.50. The summed E-state index contributed by atoms with van der Waals surface area (Å²) in [7, 11) is -2.31. The minimum absolute atomic E-state index is 0.212. The van der Waals surface area contributed by atoms with Crippen molar-refractivity contribution in [1.82, 2.24) is 4.31 Å². The molecule has 0 spiro atoms. The van der Waals surface area contributed by atoms with Crippen molar-refractivity contribution in [2.24, 2.45) is 0 Å². The van der Waals surface area contributed by atoms with E-state index in [1.54, 1.807) is 25.1 Å². The maximum atomic E-state index is 12.1. The Balaban J connectivity index is 2.84. The van der Waals surface area contributed by atoms with Gasteiger partial charge in [0.15, 0.2) is 0 Å². The number of rotatable bonds is 6. The van der Waals surface area contributed by atoms with Crippen molar-refractivity contribution in [3.63, 3.8) is 0 Å². The summed E-state index contributed by atoms with van der Waals surface area (Å²) >= 11 is 9.27. The zero-order valence-electron chi connectivity index (χ0n) is 11.1. The molecule has 0 fully saturated rings.